The van der Waals surface area contributed by atoms with E-state index in [0.29, 0.717) is 0 Å². The Morgan fingerprint density at radius 3 is 2.18 bits per heavy atom. The minimum Gasteiger partial charge on any atom is -0.496 e. The summed E-state index contributed by atoms with van der Waals surface area (Å²) in [5.41, 5.74) is -0.601. The number of nitrogens with zero attached hydrogens (tertiary/aromatic N) is 1. The number of nitrogens with one attached hydrogen (secondary N) is 2. The van der Waals surface area contributed by atoms with Gasteiger partial charge in [-0.05, 0) is 36.4 Å². The Hall–Kier alpha value is -4.28. The molecule has 0 fully saturated rings. The Labute approximate surface area is 186 Å². The lowest BCUT2D eigenvalue weighted by Gasteiger charge is -2.13. The fourth-order valence-electron chi connectivity index (χ4n) is 2.77. The van der Waals surface area contributed by atoms with Gasteiger partial charge >= 0.3 is 12.2 Å². The molecule has 2 aromatic carbocycles. The van der Waals surface area contributed by atoms with Crippen molar-refractivity contribution in [2.75, 3.05) is 19.5 Å². The monoisotopic (exact) mass is 461 g/mol. The summed E-state index contributed by atoms with van der Waals surface area (Å²) in [5.74, 6) is -0.351. The van der Waals surface area contributed by atoms with Crippen LogP contribution in [0.5, 0.6) is 23.1 Å². The number of imide groups is 1. The fraction of sp³-hybridized carbons (Fsp3) is 0.136. The number of anilines is 1. The number of urea groups is 1. The molecule has 1 aromatic heterocycles. The van der Waals surface area contributed by atoms with Crippen LogP contribution in [0.1, 0.15) is 15.9 Å². The number of amides is 3. The van der Waals surface area contributed by atoms with Gasteiger partial charge in [0.2, 0.25) is 5.88 Å². The van der Waals surface area contributed by atoms with E-state index in [2.05, 4.69) is 15.6 Å². The molecule has 0 radical (unpaired) electrons. The van der Waals surface area contributed by atoms with E-state index in [1.165, 1.54) is 44.7 Å². The lowest BCUT2D eigenvalue weighted by atomic mass is 10.1. The Morgan fingerprint density at radius 2 is 1.61 bits per heavy atom. The smallest absolute Gasteiger partial charge is 0.416 e. The highest BCUT2D eigenvalue weighted by atomic mass is 19.4. The van der Waals surface area contributed by atoms with Crippen molar-refractivity contribution in [2.24, 2.45) is 0 Å². The quantitative estimate of drug-likeness (QED) is 0.543. The van der Waals surface area contributed by atoms with Crippen LogP contribution in [-0.4, -0.2) is 31.1 Å². The third-order valence-corrected chi connectivity index (χ3v) is 4.26. The van der Waals surface area contributed by atoms with Gasteiger partial charge in [0.15, 0.2) is 0 Å². The highest BCUT2D eigenvalue weighted by molar-refractivity contribution is 6.10. The maximum Gasteiger partial charge on any atom is 0.416 e. The third-order valence-electron chi connectivity index (χ3n) is 4.26. The van der Waals surface area contributed by atoms with E-state index in [4.69, 9.17) is 14.2 Å². The van der Waals surface area contributed by atoms with Gasteiger partial charge in [-0.25, -0.2) is 9.78 Å². The molecule has 0 saturated carbocycles. The summed E-state index contributed by atoms with van der Waals surface area (Å²) < 4.78 is 54.0. The number of rotatable bonds is 6. The highest BCUT2D eigenvalue weighted by Crippen LogP contribution is 2.32. The van der Waals surface area contributed by atoms with Crippen LogP contribution in [0, 0.1) is 0 Å². The van der Waals surface area contributed by atoms with E-state index in [1.807, 2.05) is 0 Å². The zero-order valence-electron chi connectivity index (χ0n) is 17.4. The Bertz CT molecular complexity index is 1130. The maximum atomic E-state index is 12.8. The van der Waals surface area contributed by atoms with Crippen LogP contribution in [0.2, 0.25) is 0 Å². The Morgan fingerprint density at radius 1 is 0.939 bits per heavy atom. The van der Waals surface area contributed by atoms with Crippen molar-refractivity contribution < 1.29 is 37.0 Å². The molecular weight excluding hydrogens is 443 g/mol. The SMILES string of the molecule is COc1cccc(OC)c1C(=O)NC(=O)Nc1ccc(Oc2cccc(C(F)(F)F)c2)nc1. The van der Waals surface area contributed by atoms with E-state index in [1.54, 1.807) is 18.2 Å². The second-order valence-corrected chi connectivity index (χ2v) is 6.46. The van der Waals surface area contributed by atoms with Crippen molar-refractivity contribution in [1.29, 1.82) is 0 Å². The molecule has 2 N–H and O–H groups in total. The molecule has 11 heteroatoms. The molecule has 1 heterocycles. The number of hydrogen-bond donors (Lipinski definition) is 2. The van der Waals surface area contributed by atoms with Gasteiger partial charge in [-0.1, -0.05) is 12.1 Å². The predicted molar refractivity (Wildman–Crippen MR) is 112 cm³/mol. The number of aromatic nitrogens is 1. The first-order chi connectivity index (χ1) is 15.7. The number of benzene rings is 2. The van der Waals surface area contributed by atoms with E-state index < -0.39 is 23.7 Å². The van der Waals surface area contributed by atoms with Gasteiger partial charge in [-0.2, -0.15) is 13.2 Å². The summed E-state index contributed by atoms with van der Waals surface area (Å²) in [6.07, 6.45) is -3.28. The van der Waals surface area contributed by atoms with Crippen LogP contribution in [0.4, 0.5) is 23.7 Å². The molecular formula is C22H18F3N3O5. The number of alkyl halides is 3. The minimum atomic E-state index is -4.50. The molecule has 0 aliphatic carbocycles. The first kappa shape index (κ1) is 23.4. The molecule has 3 aromatic rings. The van der Waals surface area contributed by atoms with Crippen molar-refractivity contribution in [2.45, 2.75) is 6.18 Å². The number of hydrogen-bond acceptors (Lipinski definition) is 6. The zero-order valence-corrected chi connectivity index (χ0v) is 17.4. The molecule has 0 atom stereocenters. The second-order valence-electron chi connectivity index (χ2n) is 6.46. The van der Waals surface area contributed by atoms with E-state index >= 15 is 0 Å². The molecule has 0 aliphatic rings. The van der Waals surface area contributed by atoms with Crippen LogP contribution in [0.15, 0.2) is 60.8 Å². The van der Waals surface area contributed by atoms with Gasteiger partial charge in [-0.15, -0.1) is 0 Å². The average molecular weight is 461 g/mol. The maximum absolute atomic E-state index is 12.8. The zero-order chi connectivity index (χ0) is 24.0. The minimum absolute atomic E-state index is 0.00937. The topological polar surface area (TPSA) is 98.8 Å². The molecule has 8 nitrogen and oxygen atoms in total. The number of ether oxygens (including phenoxy) is 3. The highest BCUT2D eigenvalue weighted by Gasteiger charge is 2.30. The molecule has 0 spiro atoms. The first-order valence-electron chi connectivity index (χ1n) is 9.35. The standard InChI is InChI=1S/C22H18F3N3O5/c1-31-16-7-4-8-17(32-2)19(16)20(29)28-21(30)27-14-9-10-18(26-12-14)33-15-6-3-5-13(11-15)22(23,24)25/h3-12H,1-2H3,(H2,27,28,29,30). The number of carbonyl (C=O) groups is 2. The van der Waals surface area contributed by atoms with Crippen LogP contribution >= 0.6 is 0 Å². The van der Waals surface area contributed by atoms with Crippen LogP contribution in [0.3, 0.4) is 0 Å². The lowest BCUT2D eigenvalue weighted by molar-refractivity contribution is -0.137. The van der Waals surface area contributed by atoms with E-state index in [0.717, 1.165) is 12.1 Å². The number of pyridine rings is 1. The first-order valence-corrected chi connectivity index (χ1v) is 9.35. The van der Waals surface area contributed by atoms with E-state index in [-0.39, 0.29) is 34.4 Å². The molecule has 0 saturated heterocycles. The summed E-state index contributed by atoms with van der Waals surface area (Å²) in [4.78, 5) is 28.7. The van der Waals surface area contributed by atoms with Gasteiger partial charge in [0, 0.05) is 6.07 Å². The normalized spacial score (nSPS) is 10.8. The van der Waals surface area contributed by atoms with Gasteiger partial charge in [-0.3, -0.25) is 10.1 Å². The predicted octanol–water partition coefficient (Wildman–Crippen LogP) is 4.87. The molecule has 0 bridgehead atoms. The van der Waals surface area contributed by atoms with Crippen LogP contribution < -0.4 is 24.8 Å². The van der Waals surface area contributed by atoms with Gasteiger partial charge in [0.05, 0.1) is 31.7 Å². The Kier molecular flexibility index (Phi) is 7.01. The summed E-state index contributed by atoms with van der Waals surface area (Å²) in [6, 6.07) is 11.0. The average Bonchev–Trinajstić information content (AvgIpc) is 2.79. The van der Waals surface area contributed by atoms with Crippen LogP contribution in [0.25, 0.3) is 0 Å². The molecule has 0 aliphatic heterocycles. The fourth-order valence-corrected chi connectivity index (χ4v) is 2.77. The second kappa shape index (κ2) is 9.90. The van der Waals surface area contributed by atoms with Gasteiger partial charge in [0.1, 0.15) is 22.8 Å². The number of methoxy groups -OCH3 is 2. The van der Waals surface area contributed by atoms with Crippen molar-refractivity contribution >= 4 is 17.6 Å². The summed E-state index contributed by atoms with van der Waals surface area (Å²) in [5, 5.41) is 4.57. The molecule has 33 heavy (non-hydrogen) atoms. The van der Waals surface area contributed by atoms with Crippen LogP contribution in [-0.2, 0) is 6.18 Å². The van der Waals surface area contributed by atoms with E-state index in [9.17, 15) is 22.8 Å². The third kappa shape index (κ3) is 5.91. The van der Waals surface area contributed by atoms with Crippen molar-refractivity contribution in [3.8, 4) is 23.1 Å². The molecule has 3 rings (SSSR count). The number of halogens is 3. The summed E-state index contributed by atoms with van der Waals surface area (Å²) in [7, 11) is 2.75. The summed E-state index contributed by atoms with van der Waals surface area (Å²) in [6.45, 7) is 0. The Balaban J connectivity index is 1.64. The lowest BCUT2D eigenvalue weighted by Crippen LogP contribution is -2.34. The number of carbonyl (C=O) groups excluding carboxylic acids is 2. The molecule has 3 amide bonds. The van der Waals surface area contributed by atoms with Gasteiger partial charge in [0.25, 0.3) is 5.91 Å². The van der Waals surface area contributed by atoms with Gasteiger partial charge < -0.3 is 19.5 Å². The van der Waals surface area contributed by atoms with Crippen molar-refractivity contribution in [3.63, 3.8) is 0 Å². The summed E-state index contributed by atoms with van der Waals surface area (Å²) >= 11 is 0. The molecule has 0 unspecified atom stereocenters. The van der Waals surface area contributed by atoms with Crippen molar-refractivity contribution in [1.82, 2.24) is 10.3 Å². The largest absolute Gasteiger partial charge is 0.496 e. The van der Waals surface area contributed by atoms with Crippen molar-refractivity contribution in [3.05, 3.63) is 71.9 Å². The molecule has 172 valence electrons.